The van der Waals surface area contributed by atoms with Gasteiger partial charge in [-0.25, -0.2) is 4.79 Å². The average Bonchev–Trinajstić information content (AvgIpc) is 2.88. The Morgan fingerprint density at radius 1 is 1.39 bits per heavy atom. The fourth-order valence-electron chi connectivity index (χ4n) is 2.43. The number of hydrogen-bond donors (Lipinski definition) is 2. The van der Waals surface area contributed by atoms with Crippen LogP contribution in [0.2, 0.25) is 5.02 Å². The van der Waals surface area contributed by atoms with E-state index in [4.69, 9.17) is 16.3 Å². The molecule has 1 fully saturated rings. The molecule has 1 aliphatic rings. The van der Waals surface area contributed by atoms with E-state index in [0.29, 0.717) is 37.7 Å². The largest absolute Gasteiger partial charge is 0.382 e. The maximum atomic E-state index is 12.1. The normalized spacial score (nSPS) is 17.4. The summed E-state index contributed by atoms with van der Waals surface area (Å²) in [6.45, 7) is 4.25. The van der Waals surface area contributed by atoms with Crippen molar-refractivity contribution in [3.05, 3.63) is 29.3 Å². The zero-order valence-corrected chi connectivity index (χ0v) is 13.9. The molecule has 1 unspecified atom stereocenters. The SMILES string of the molecule is CCOCCCNC(=O)NC1CC(=O)N(c2ccc(Cl)cc2)C1. The topological polar surface area (TPSA) is 70.7 Å². The number of nitrogens with one attached hydrogen (secondary N) is 2. The lowest BCUT2D eigenvalue weighted by Gasteiger charge is -2.17. The first-order valence-electron chi connectivity index (χ1n) is 7.78. The van der Waals surface area contributed by atoms with E-state index >= 15 is 0 Å². The Morgan fingerprint density at radius 3 is 2.83 bits per heavy atom. The molecule has 1 aliphatic heterocycles. The minimum atomic E-state index is -0.253. The van der Waals surface area contributed by atoms with Crippen LogP contribution in [0, 0.1) is 0 Å². The van der Waals surface area contributed by atoms with Crippen LogP contribution in [0.5, 0.6) is 0 Å². The first-order chi connectivity index (χ1) is 11.1. The molecule has 1 saturated heterocycles. The lowest BCUT2D eigenvalue weighted by molar-refractivity contribution is -0.117. The molecular weight excluding hydrogens is 318 g/mol. The van der Waals surface area contributed by atoms with E-state index in [-0.39, 0.29) is 18.0 Å². The van der Waals surface area contributed by atoms with Gasteiger partial charge in [0.1, 0.15) is 0 Å². The van der Waals surface area contributed by atoms with Gasteiger partial charge in [0.15, 0.2) is 0 Å². The van der Waals surface area contributed by atoms with E-state index in [1.54, 1.807) is 29.2 Å². The minimum Gasteiger partial charge on any atom is -0.382 e. The number of amides is 3. The van der Waals surface area contributed by atoms with Crippen molar-refractivity contribution in [2.45, 2.75) is 25.8 Å². The molecule has 0 saturated carbocycles. The Balaban J connectivity index is 1.76. The zero-order chi connectivity index (χ0) is 16.7. The average molecular weight is 340 g/mol. The Kier molecular flexibility index (Phi) is 6.67. The van der Waals surface area contributed by atoms with Crippen LogP contribution in [-0.4, -0.2) is 44.3 Å². The predicted molar refractivity (Wildman–Crippen MR) is 89.9 cm³/mol. The summed E-state index contributed by atoms with van der Waals surface area (Å²) in [7, 11) is 0. The van der Waals surface area contributed by atoms with Gasteiger partial charge in [0, 0.05) is 43.4 Å². The van der Waals surface area contributed by atoms with Crippen LogP contribution in [0.3, 0.4) is 0 Å². The summed E-state index contributed by atoms with van der Waals surface area (Å²) >= 11 is 5.85. The molecule has 0 aliphatic carbocycles. The predicted octanol–water partition coefficient (Wildman–Crippen LogP) is 2.17. The highest BCUT2D eigenvalue weighted by Gasteiger charge is 2.31. The van der Waals surface area contributed by atoms with Crippen molar-refractivity contribution in [3.63, 3.8) is 0 Å². The molecule has 23 heavy (non-hydrogen) atoms. The van der Waals surface area contributed by atoms with Crippen molar-refractivity contribution >= 4 is 29.2 Å². The summed E-state index contributed by atoms with van der Waals surface area (Å²) in [6.07, 6.45) is 1.07. The van der Waals surface area contributed by atoms with Crippen LogP contribution in [0.1, 0.15) is 19.8 Å². The number of ether oxygens (including phenoxy) is 1. The smallest absolute Gasteiger partial charge is 0.315 e. The fraction of sp³-hybridized carbons (Fsp3) is 0.500. The second-order valence-corrected chi connectivity index (χ2v) is 5.77. The number of rotatable bonds is 7. The van der Waals surface area contributed by atoms with E-state index in [1.165, 1.54) is 0 Å². The second-order valence-electron chi connectivity index (χ2n) is 5.33. The van der Waals surface area contributed by atoms with Crippen LogP contribution in [0.4, 0.5) is 10.5 Å². The molecule has 1 aromatic rings. The summed E-state index contributed by atoms with van der Waals surface area (Å²) in [6, 6.07) is 6.65. The highest BCUT2D eigenvalue weighted by Crippen LogP contribution is 2.23. The van der Waals surface area contributed by atoms with Crippen molar-refractivity contribution in [2.24, 2.45) is 0 Å². The van der Waals surface area contributed by atoms with Gasteiger partial charge in [0.25, 0.3) is 0 Å². The molecule has 0 aromatic heterocycles. The van der Waals surface area contributed by atoms with Gasteiger partial charge < -0.3 is 20.3 Å². The van der Waals surface area contributed by atoms with Gasteiger partial charge in [0.05, 0.1) is 6.04 Å². The minimum absolute atomic E-state index is 0.00558. The molecule has 1 aromatic carbocycles. The summed E-state index contributed by atoms with van der Waals surface area (Å²) in [5, 5.41) is 6.23. The van der Waals surface area contributed by atoms with Gasteiger partial charge in [-0.1, -0.05) is 11.6 Å². The summed E-state index contributed by atoms with van der Waals surface area (Å²) in [5.41, 5.74) is 0.792. The number of hydrogen-bond acceptors (Lipinski definition) is 3. The Labute approximate surface area is 141 Å². The van der Waals surface area contributed by atoms with Crippen molar-refractivity contribution in [1.29, 1.82) is 0 Å². The molecule has 126 valence electrons. The number of nitrogens with zero attached hydrogens (tertiary/aromatic N) is 1. The van der Waals surface area contributed by atoms with Crippen LogP contribution in [-0.2, 0) is 9.53 Å². The number of carbonyl (C=O) groups excluding carboxylic acids is 2. The second kappa shape index (κ2) is 8.74. The molecule has 1 heterocycles. The van der Waals surface area contributed by atoms with Gasteiger partial charge in [-0.05, 0) is 37.6 Å². The van der Waals surface area contributed by atoms with Crippen LogP contribution in [0.25, 0.3) is 0 Å². The summed E-state index contributed by atoms with van der Waals surface area (Å²) in [5.74, 6) is -0.00558. The molecule has 0 radical (unpaired) electrons. The highest BCUT2D eigenvalue weighted by molar-refractivity contribution is 6.30. The molecular formula is C16H22ClN3O3. The quantitative estimate of drug-likeness (QED) is 0.748. The van der Waals surface area contributed by atoms with Crippen molar-refractivity contribution < 1.29 is 14.3 Å². The zero-order valence-electron chi connectivity index (χ0n) is 13.2. The molecule has 7 heteroatoms. The van der Waals surface area contributed by atoms with Crippen LogP contribution >= 0.6 is 11.6 Å². The Morgan fingerprint density at radius 2 is 2.13 bits per heavy atom. The van der Waals surface area contributed by atoms with Gasteiger partial charge >= 0.3 is 6.03 Å². The van der Waals surface area contributed by atoms with Gasteiger partial charge in [-0.3, -0.25) is 4.79 Å². The molecule has 2 N–H and O–H groups in total. The van der Waals surface area contributed by atoms with Crippen molar-refractivity contribution in [2.75, 3.05) is 31.2 Å². The van der Waals surface area contributed by atoms with E-state index in [0.717, 1.165) is 12.1 Å². The third-order valence-corrected chi connectivity index (χ3v) is 3.81. The summed E-state index contributed by atoms with van der Waals surface area (Å²) in [4.78, 5) is 25.6. The van der Waals surface area contributed by atoms with E-state index in [1.807, 2.05) is 6.92 Å². The molecule has 0 bridgehead atoms. The molecule has 2 rings (SSSR count). The van der Waals surface area contributed by atoms with Gasteiger partial charge in [-0.15, -0.1) is 0 Å². The van der Waals surface area contributed by atoms with Crippen LogP contribution < -0.4 is 15.5 Å². The third-order valence-electron chi connectivity index (χ3n) is 3.55. The first-order valence-corrected chi connectivity index (χ1v) is 8.16. The van der Waals surface area contributed by atoms with Crippen molar-refractivity contribution in [3.8, 4) is 0 Å². The van der Waals surface area contributed by atoms with Crippen LogP contribution in [0.15, 0.2) is 24.3 Å². The molecule has 0 spiro atoms. The lowest BCUT2D eigenvalue weighted by atomic mass is 10.2. The maximum absolute atomic E-state index is 12.1. The van der Waals surface area contributed by atoms with E-state index in [2.05, 4.69) is 10.6 Å². The maximum Gasteiger partial charge on any atom is 0.315 e. The Hall–Kier alpha value is -1.79. The summed E-state index contributed by atoms with van der Waals surface area (Å²) < 4.78 is 5.20. The Bertz CT molecular complexity index is 536. The molecule has 1 atom stereocenters. The lowest BCUT2D eigenvalue weighted by Crippen LogP contribution is -2.43. The first kappa shape index (κ1) is 17.6. The van der Waals surface area contributed by atoms with Gasteiger partial charge in [-0.2, -0.15) is 0 Å². The third kappa shape index (κ3) is 5.41. The number of benzene rings is 1. The van der Waals surface area contributed by atoms with Crippen molar-refractivity contribution in [1.82, 2.24) is 10.6 Å². The molecule has 6 nitrogen and oxygen atoms in total. The number of anilines is 1. The standard InChI is InChI=1S/C16H22ClN3O3/c1-2-23-9-3-8-18-16(22)19-13-10-15(21)20(11-13)14-6-4-12(17)5-7-14/h4-7,13H,2-3,8-11H2,1H3,(H2,18,19,22). The number of urea groups is 1. The van der Waals surface area contributed by atoms with E-state index in [9.17, 15) is 9.59 Å². The van der Waals surface area contributed by atoms with E-state index < -0.39 is 0 Å². The number of halogens is 1. The fourth-order valence-corrected chi connectivity index (χ4v) is 2.56. The van der Waals surface area contributed by atoms with Gasteiger partial charge in [0.2, 0.25) is 5.91 Å². The monoisotopic (exact) mass is 339 g/mol. The highest BCUT2D eigenvalue weighted by atomic mass is 35.5. The molecule has 3 amide bonds. The number of carbonyl (C=O) groups is 2.